The number of halogens is 4. The fourth-order valence-electron chi connectivity index (χ4n) is 3.68. The van der Waals surface area contributed by atoms with Gasteiger partial charge in [-0.25, -0.2) is 0 Å². The van der Waals surface area contributed by atoms with Gasteiger partial charge in [0.15, 0.2) is 12.0 Å². The van der Waals surface area contributed by atoms with E-state index in [4.69, 9.17) is 25.3 Å². The molecule has 29 heavy (non-hydrogen) atoms. The molecule has 152 valence electrons. The average Bonchev–Trinajstić information content (AvgIpc) is 2.71. The molecule has 4 rings (SSSR count). The van der Waals surface area contributed by atoms with E-state index in [0.717, 1.165) is 16.9 Å². The summed E-state index contributed by atoms with van der Waals surface area (Å²) in [5.41, 5.74) is -1.27. The first-order valence-corrected chi connectivity index (χ1v) is 9.86. The van der Waals surface area contributed by atoms with Gasteiger partial charge in [-0.15, -0.1) is 0 Å². The zero-order chi connectivity index (χ0) is 20.8. The molecule has 0 aromatic heterocycles. The SMILES string of the molecule is COc1ccc2c(c1)CCc1c-2c(Cl)c2ccc(OC)cc2c1OSC(F)(F)F. The fraction of sp³-hybridized carbons (Fsp3) is 0.238. The number of rotatable bonds is 4. The second-order valence-electron chi connectivity index (χ2n) is 6.54. The third-order valence-electron chi connectivity index (χ3n) is 4.95. The third-order valence-corrected chi connectivity index (χ3v) is 5.78. The molecular weight excluding hydrogens is 425 g/mol. The maximum absolute atomic E-state index is 12.9. The minimum absolute atomic E-state index is 0.169. The fourth-order valence-corrected chi connectivity index (χ4v) is 4.43. The second-order valence-corrected chi connectivity index (χ2v) is 7.72. The van der Waals surface area contributed by atoms with Gasteiger partial charge in [0.1, 0.15) is 17.2 Å². The van der Waals surface area contributed by atoms with E-state index in [0.29, 0.717) is 45.5 Å². The van der Waals surface area contributed by atoms with Crippen LogP contribution in [0.3, 0.4) is 0 Å². The summed E-state index contributed by atoms with van der Waals surface area (Å²) in [6.45, 7) is 0. The van der Waals surface area contributed by atoms with E-state index in [1.54, 1.807) is 25.3 Å². The van der Waals surface area contributed by atoms with E-state index in [1.807, 2.05) is 18.2 Å². The molecule has 0 unspecified atom stereocenters. The summed E-state index contributed by atoms with van der Waals surface area (Å²) in [6, 6.07) is 10.7. The first-order valence-electron chi connectivity index (χ1n) is 8.74. The van der Waals surface area contributed by atoms with Gasteiger partial charge in [0.2, 0.25) is 0 Å². The van der Waals surface area contributed by atoms with E-state index < -0.39 is 17.6 Å². The summed E-state index contributed by atoms with van der Waals surface area (Å²) in [7, 11) is 3.09. The van der Waals surface area contributed by atoms with Gasteiger partial charge >= 0.3 is 5.51 Å². The third kappa shape index (κ3) is 3.69. The van der Waals surface area contributed by atoms with E-state index >= 15 is 0 Å². The molecule has 1 aliphatic carbocycles. The smallest absolute Gasteiger partial charge is 0.479 e. The molecule has 3 nitrogen and oxygen atoms in total. The van der Waals surface area contributed by atoms with E-state index in [9.17, 15) is 13.2 Å². The molecule has 0 atom stereocenters. The van der Waals surface area contributed by atoms with Crippen molar-refractivity contribution < 1.29 is 26.8 Å². The molecule has 0 amide bonds. The van der Waals surface area contributed by atoms with Crippen LogP contribution >= 0.6 is 23.6 Å². The highest BCUT2D eigenvalue weighted by Crippen LogP contribution is 2.50. The zero-order valence-corrected chi connectivity index (χ0v) is 17.1. The molecule has 0 radical (unpaired) electrons. The Morgan fingerprint density at radius 1 is 0.931 bits per heavy atom. The summed E-state index contributed by atoms with van der Waals surface area (Å²) >= 11 is 6.24. The van der Waals surface area contributed by atoms with Crippen molar-refractivity contribution in [3.05, 3.63) is 52.5 Å². The number of hydrogen-bond donors (Lipinski definition) is 0. The topological polar surface area (TPSA) is 27.7 Å². The summed E-state index contributed by atoms with van der Waals surface area (Å²) < 4.78 is 54.5. The monoisotopic (exact) mass is 440 g/mol. The highest BCUT2D eigenvalue weighted by molar-refractivity contribution is 7.95. The molecule has 0 fully saturated rings. The van der Waals surface area contributed by atoms with Crippen LogP contribution in [-0.2, 0) is 12.8 Å². The Bertz CT molecular complexity index is 1100. The predicted molar refractivity (Wildman–Crippen MR) is 109 cm³/mol. The largest absolute Gasteiger partial charge is 0.497 e. The van der Waals surface area contributed by atoms with Crippen molar-refractivity contribution in [3.63, 3.8) is 0 Å². The minimum Gasteiger partial charge on any atom is -0.497 e. The average molecular weight is 441 g/mol. The van der Waals surface area contributed by atoms with Gasteiger partial charge in [-0.3, -0.25) is 0 Å². The molecule has 0 aliphatic heterocycles. The number of aryl methyl sites for hydroxylation is 1. The van der Waals surface area contributed by atoms with Crippen LogP contribution in [0.25, 0.3) is 21.9 Å². The molecule has 0 N–H and O–H groups in total. The van der Waals surface area contributed by atoms with Crippen molar-refractivity contribution in [1.82, 2.24) is 0 Å². The molecule has 3 aromatic rings. The first-order chi connectivity index (χ1) is 13.8. The molecule has 8 heteroatoms. The molecule has 0 saturated carbocycles. The van der Waals surface area contributed by atoms with Crippen LogP contribution in [0.5, 0.6) is 17.2 Å². The predicted octanol–water partition coefficient (Wildman–Crippen LogP) is 6.82. The lowest BCUT2D eigenvalue weighted by Gasteiger charge is -2.25. The highest BCUT2D eigenvalue weighted by Gasteiger charge is 2.34. The zero-order valence-electron chi connectivity index (χ0n) is 15.5. The quantitative estimate of drug-likeness (QED) is 0.416. The number of benzene rings is 3. The second kappa shape index (κ2) is 7.54. The van der Waals surface area contributed by atoms with Crippen LogP contribution in [0.4, 0.5) is 13.2 Å². The summed E-state index contributed by atoms with van der Waals surface area (Å²) in [5.74, 6) is 1.40. The summed E-state index contributed by atoms with van der Waals surface area (Å²) in [6.07, 6.45) is 1.13. The van der Waals surface area contributed by atoms with Crippen molar-refractivity contribution in [3.8, 4) is 28.4 Å². The molecule has 0 spiro atoms. The van der Waals surface area contributed by atoms with Crippen LogP contribution in [0.1, 0.15) is 11.1 Å². The van der Waals surface area contributed by atoms with Crippen LogP contribution in [0.2, 0.25) is 5.02 Å². The normalized spacial score (nSPS) is 13.0. The lowest BCUT2D eigenvalue weighted by molar-refractivity contribution is -0.0369. The van der Waals surface area contributed by atoms with Gasteiger partial charge in [0, 0.05) is 21.9 Å². The molecule has 3 aromatic carbocycles. The van der Waals surface area contributed by atoms with Crippen molar-refractivity contribution in [2.24, 2.45) is 0 Å². The van der Waals surface area contributed by atoms with Crippen molar-refractivity contribution in [1.29, 1.82) is 0 Å². The van der Waals surface area contributed by atoms with Crippen LogP contribution in [-0.4, -0.2) is 19.7 Å². The van der Waals surface area contributed by atoms with E-state index in [-0.39, 0.29) is 5.75 Å². The minimum atomic E-state index is -4.53. The molecular formula is C21H16ClF3O3S. The molecule has 0 saturated heterocycles. The number of alkyl halides is 3. The summed E-state index contributed by atoms with van der Waals surface area (Å²) in [5, 5.41) is 1.57. The van der Waals surface area contributed by atoms with Gasteiger partial charge in [-0.05, 0) is 54.3 Å². The van der Waals surface area contributed by atoms with Crippen LogP contribution in [0.15, 0.2) is 36.4 Å². The first kappa shape index (κ1) is 20.0. The standard InChI is InChI=1S/C21H16ClF3O3S/c1-26-12-4-7-14-11(9-12)3-6-16-18(14)19(22)15-8-5-13(27-2)10-17(15)20(16)28-29-21(23,24)25/h4-5,7-10H,3,6H2,1-2H3. The van der Waals surface area contributed by atoms with Crippen molar-refractivity contribution in [2.75, 3.05) is 14.2 Å². The maximum atomic E-state index is 12.9. The Hall–Kier alpha value is -2.25. The number of hydrogen-bond acceptors (Lipinski definition) is 4. The van der Waals surface area contributed by atoms with Crippen molar-refractivity contribution in [2.45, 2.75) is 18.3 Å². The highest BCUT2D eigenvalue weighted by atomic mass is 35.5. The molecule has 1 aliphatic rings. The molecule has 0 heterocycles. The van der Waals surface area contributed by atoms with Gasteiger partial charge < -0.3 is 13.7 Å². The number of methoxy groups -OCH3 is 2. The maximum Gasteiger partial charge on any atom is 0.479 e. The lowest BCUT2D eigenvalue weighted by Crippen LogP contribution is -2.09. The van der Waals surface area contributed by atoms with E-state index in [2.05, 4.69) is 0 Å². The Kier molecular flexibility index (Phi) is 5.21. The molecule has 0 bridgehead atoms. The van der Waals surface area contributed by atoms with E-state index in [1.165, 1.54) is 7.11 Å². The Labute approximate surface area is 174 Å². The lowest BCUT2D eigenvalue weighted by atomic mass is 9.83. The Morgan fingerprint density at radius 2 is 1.62 bits per heavy atom. The number of ether oxygens (including phenoxy) is 2. The van der Waals surface area contributed by atoms with Gasteiger partial charge in [-0.1, -0.05) is 17.7 Å². The van der Waals surface area contributed by atoms with Gasteiger partial charge in [0.25, 0.3) is 0 Å². The Balaban J connectivity index is 1.99. The van der Waals surface area contributed by atoms with Gasteiger partial charge in [0.05, 0.1) is 19.2 Å². The Morgan fingerprint density at radius 3 is 2.31 bits per heavy atom. The van der Waals surface area contributed by atoms with Crippen LogP contribution in [0, 0.1) is 0 Å². The van der Waals surface area contributed by atoms with Gasteiger partial charge in [-0.2, -0.15) is 13.2 Å². The van der Waals surface area contributed by atoms with Crippen molar-refractivity contribution >= 4 is 34.4 Å². The van der Waals surface area contributed by atoms with Crippen LogP contribution < -0.4 is 13.7 Å². The summed E-state index contributed by atoms with van der Waals surface area (Å²) in [4.78, 5) is 0. The number of fused-ring (bicyclic) bond motifs is 4.